The van der Waals surface area contributed by atoms with Crippen molar-refractivity contribution in [2.24, 2.45) is 29.6 Å². The minimum atomic E-state index is -1.13. The van der Waals surface area contributed by atoms with E-state index in [1.165, 1.54) is 6.42 Å². The fraction of sp³-hybridized carbons (Fsp3) is 0.656. The number of carbonyl (C=O) groups is 3. The number of fused-ring (bicyclic) bond motifs is 1. The van der Waals surface area contributed by atoms with E-state index < -0.39 is 29.6 Å². The third-order valence-electron chi connectivity index (χ3n) is 10.7. The minimum absolute atomic E-state index is 0.0407. The van der Waals surface area contributed by atoms with Gasteiger partial charge in [-0.2, -0.15) is 0 Å². The Morgan fingerprint density at radius 1 is 0.975 bits per heavy atom. The molecule has 0 radical (unpaired) electrons. The van der Waals surface area contributed by atoms with Crippen LogP contribution in [0.3, 0.4) is 0 Å². The Morgan fingerprint density at radius 2 is 1.70 bits per heavy atom. The highest BCUT2D eigenvalue weighted by atomic mass is 16.5. The van der Waals surface area contributed by atoms with Crippen molar-refractivity contribution in [3.63, 3.8) is 0 Å². The number of nitrogens with zero attached hydrogens (tertiary/aromatic N) is 1. The summed E-state index contributed by atoms with van der Waals surface area (Å²) in [6, 6.07) is 6.39. The number of hydrogen-bond donors (Lipinski definition) is 2. The van der Waals surface area contributed by atoms with Crippen LogP contribution in [0.5, 0.6) is 5.75 Å². The van der Waals surface area contributed by atoms with E-state index in [1.54, 1.807) is 31.4 Å². The molecule has 2 N–H and O–H groups in total. The van der Waals surface area contributed by atoms with Gasteiger partial charge in [0.05, 0.1) is 25.0 Å². The molecular weight excluding hydrogens is 506 g/mol. The van der Waals surface area contributed by atoms with Crippen LogP contribution in [0.15, 0.2) is 36.4 Å². The van der Waals surface area contributed by atoms with E-state index in [1.807, 2.05) is 17.1 Å². The van der Waals surface area contributed by atoms with Crippen LogP contribution < -0.4 is 15.4 Å². The lowest BCUT2D eigenvalue weighted by Gasteiger charge is -2.42. The molecule has 5 aliphatic rings. The standard InChI is InChI=1S/C32H43N3O5/c1-18-9-7-10-23(20(18)3)34-30(37)28-32-17-16-25(40-32)26(29(36)33-21-12-14-22(39-4)15-13-21)27(32)31(38)35(28)24-11-6-5-8-19(24)2/h12-20,23-28H,5-11H2,1-4H3,(H,33,36)(H,34,37)/t18?,19?,20?,23?,24?,25-,26?,27-,28?,32?/m1/s1. The summed E-state index contributed by atoms with van der Waals surface area (Å²) in [6.45, 7) is 6.65. The molecule has 2 bridgehead atoms. The van der Waals surface area contributed by atoms with E-state index in [0.717, 1.165) is 38.5 Å². The number of anilines is 1. The molecule has 8 unspecified atom stereocenters. The molecule has 3 amide bonds. The molecule has 2 aliphatic carbocycles. The highest BCUT2D eigenvalue weighted by molar-refractivity contribution is 6.03. The molecule has 8 heteroatoms. The smallest absolute Gasteiger partial charge is 0.246 e. The van der Waals surface area contributed by atoms with Gasteiger partial charge in [0.25, 0.3) is 0 Å². The maximum absolute atomic E-state index is 14.4. The van der Waals surface area contributed by atoms with Crippen molar-refractivity contribution >= 4 is 23.4 Å². The van der Waals surface area contributed by atoms with E-state index in [4.69, 9.17) is 9.47 Å². The van der Waals surface area contributed by atoms with Gasteiger partial charge in [-0.05, 0) is 61.3 Å². The van der Waals surface area contributed by atoms with Crippen LogP contribution in [-0.4, -0.2) is 59.6 Å². The van der Waals surface area contributed by atoms with Crippen LogP contribution in [0.1, 0.15) is 65.7 Å². The summed E-state index contributed by atoms with van der Waals surface area (Å²) in [5.74, 6) is -0.0649. The van der Waals surface area contributed by atoms with Gasteiger partial charge in [-0.15, -0.1) is 0 Å². The number of hydrogen-bond acceptors (Lipinski definition) is 5. The first-order valence-electron chi connectivity index (χ1n) is 15.2. The third kappa shape index (κ3) is 4.34. The lowest BCUT2D eigenvalue weighted by atomic mass is 9.73. The van der Waals surface area contributed by atoms with Crippen LogP contribution in [0.2, 0.25) is 0 Å². The van der Waals surface area contributed by atoms with Gasteiger partial charge in [0, 0.05) is 17.8 Å². The van der Waals surface area contributed by atoms with Crippen LogP contribution in [0, 0.1) is 29.6 Å². The molecule has 8 nitrogen and oxygen atoms in total. The summed E-state index contributed by atoms with van der Waals surface area (Å²) in [6.07, 6.45) is 10.5. The summed E-state index contributed by atoms with van der Waals surface area (Å²) in [5, 5.41) is 6.37. The van der Waals surface area contributed by atoms with Crippen molar-refractivity contribution in [2.75, 3.05) is 12.4 Å². The van der Waals surface area contributed by atoms with Gasteiger partial charge in [0.2, 0.25) is 17.7 Å². The Bertz CT molecular complexity index is 1180. The third-order valence-corrected chi connectivity index (χ3v) is 10.7. The molecule has 3 heterocycles. The van der Waals surface area contributed by atoms with E-state index in [0.29, 0.717) is 23.3 Å². The van der Waals surface area contributed by atoms with Gasteiger partial charge in [0.1, 0.15) is 17.4 Å². The number of rotatable bonds is 6. The Labute approximate surface area is 237 Å². The first-order chi connectivity index (χ1) is 19.2. The van der Waals surface area contributed by atoms with Gasteiger partial charge in [-0.3, -0.25) is 14.4 Å². The number of benzene rings is 1. The number of ether oxygens (including phenoxy) is 2. The molecule has 2 saturated carbocycles. The maximum atomic E-state index is 14.4. The predicted octanol–water partition coefficient (Wildman–Crippen LogP) is 4.30. The zero-order chi connectivity index (χ0) is 28.2. The lowest BCUT2D eigenvalue weighted by Crippen LogP contribution is -2.60. The van der Waals surface area contributed by atoms with Gasteiger partial charge in [-0.25, -0.2) is 0 Å². The van der Waals surface area contributed by atoms with Crippen LogP contribution in [0.4, 0.5) is 5.69 Å². The summed E-state index contributed by atoms with van der Waals surface area (Å²) >= 11 is 0. The van der Waals surface area contributed by atoms with E-state index >= 15 is 0 Å². The number of nitrogens with one attached hydrogen (secondary N) is 2. The summed E-state index contributed by atoms with van der Waals surface area (Å²) in [5.41, 5.74) is -0.501. The molecule has 4 fully saturated rings. The normalized spacial score (nSPS) is 40.1. The fourth-order valence-electron chi connectivity index (χ4n) is 8.22. The predicted molar refractivity (Wildman–Crippen MR) is 152 cm³/mol. The molecule has 1 aromatic rings. The summed E-state index contributed by atoms with van der Waals surface area (Å²) in [7, 11) is 1.60. The van der Waals surface area contributed by atoms with Gasteiger partial charge in [-0.1, -0.05) is 58.6 Å². The number of likely N-dealkylation sites (tertiary alicyclic amines) is 1. The first kappa shape index (κ1) is 27.3. The van der Waals surface area contributed by atoms with Gasteiger partial charge >= 0.3 is 0 Å². The topological polar surface area (TPSA) is 97.0 Å². The molecule has 1 aromatic carbocycles. The average molecular weight is 550 g/mol. The van der Waals surface area contributed by atoms with Crippen LogP contribution in [0.25, 0.3) is 0 Å². The van der Waals surface area contributed by atoms with E-state index in [9.17, 15) is 14.4 Å². The zero-order valence-electron chi connectivity index (χ0n) is 24.1. The quantitative estimate of drug-likeness (QED) is 0.516. The summed E-state index contributed by atoms with van der Waals surface area (Å²) < 4.78 is 11.8. The number of amides is 3. The van der Waals surface area contributed by atoms with Crippen molar-refractivity contribution in [1.29, 1.82) is 0 Å². The SMILES string of the molecule is COc1ccc(NC(=O)C2[C@H]3C=CC4(O3)C(C(=O)NC3CCCC(C)C3C)N(C3CCCCC3C)C(=O)[C@@H]24)cc1. The van der Waals surface area contributed by atoms with E-state index in [-0.39, 0.29) is 35.7 Å². The van der Waals surface area contributed by atoms with Crippen molar-refractivity contribution < 1.29 is 23.9 Å². The largest absolute Gasteiger partial charge is 0.497 e. The Kier molecular flexibility index (Phi) is 7.18. The summed E-state index contributed by atoms with van der Waals surface area (Å²) in [4.78, 5) is 44.3. The average Bonchev–Trinajstić information content (AvgIpc) is 3.59. The van der Waals surface area contributed by atoms with Crippen molar-refractivity contribution in [1.82, 2.24) is 10.2 Å². The monoisotopic (exact) mass is 549 g/mol. The minimum Gasteiger partial charge on any atom is -0.497 e. The first-order valence-corrected chi connectivity index (χ1v) is 15.2. The Morgan fingerprint density at radius 3 is 2.42 bits per heavy atom. The molecule has 0 aromatic heterocycles. The van der Waals surface area contributed by atoms with Crippen LogP contribution in [-0.2, 0) is 19.1 Å². The Hall–Kier alpha value is -2.87. The van der Waals surface area contributed by atoms with Crippen molar-refractivity contribution in [3.8, 4) is 5.75 Å². The van der Waals surface area contributed by atoms with Gasteiger partial charge < -0.3 is 25.0 Å². The molecule has 6 rings (SSSR count). The maximum Gasteiger partial charge on any atom is 0.246 e. The van der Waals surface area contributed by atoms with Crippen molar-refractivity contribution in [2.45, 2.75) is 95.5 Å². The van der Waals surface area contributed by atoms with E-state index in [2.05, 4.69) is 31.4 Å². The lowest BCUT2D eigenvalue weighted by molar-refractivity contribution is -0.146. The molecule has 3 aliphatic heterocycles. The fourth-order valence-corrected chi connectivity index (χ4v) is 8.22. The second-order valence-electron chi connectivity index (χ2n) is 12.9. The second-order valence-corrected chi connectivity index (χ2v) is 12.9. The van der Waals surface area contributed by atoms with Crippen molar-refractivity contribution in [3.05, 3.63) is 36.4 Å². The molecular formula is C32H43N3O5. The zero-order valence-corrected chi connectivity index (χ0v) is 24.1. The van der Waals surface area contributed by atoms with Gasteiger partial charge in [0.15, 0.2) is 0 Å². The second kappa shape index (κ2) is 10.5. The van der Waals surface area contributed by atoms with Crippen LogP contribution >= 0.6 is 0 Å². The molecule has 216 valence electrons. The Balaban J connectivity index is 1.32. The molecule has 10 atom stereocenters. The number of methoxy groups -OCH3 is 1. The highest BCUT2D eigenvalue weighted by Gasteiger charge is 2.73. The number of carbonyl (C=O) groups excluding carboxylic acids is 3. The molecule has 1 spiro atoms. The molecule has 2 saturated heterocycles. The molecule has 40 heavy (non-hydrogen) atoms. The highest BCUT2D eigenvalue weighted by Crippen LogP contribution is 2.56.